The third kappa shape index (κ3) is 3.52. The quantitative estimate of drug-likeness (QED) is 0.669. The molecule has 0 spiro atoms. The molecule has 0 aliphatic carbocycles. The monoisotopic (exact) mass is 334 g/mol. The molecule has 2 fully saturated rings. The zero-order valence-corrected chi connectivity index (χ0v) is 14.3. The van der Waals surface area contributed by atoms with Gasteiger partial charge in [-0.05, 0) is 31.6 Å². The van der Waals surface area contributed by atoms with Gasteiger partial charge in [-0.1, -0.05) is 19.8 Å². The van der Waals surface area contributed by atoms with Gasteiger partial charge >= 0.3 is 5.69 Å². The Morgan fingerprint density at radius 1 is 1.08 bits per heavy atom. The summed E-state index contributed by atoms with van der Waals surface area (Å²) >= 11 is 0. The number of hydrogen-bond acceptors (Lipinski definition) is 7. The van der Waals surface area contributed by atoms with Crippen LogP contribution < -0.4 is 15.5 Å². The van der Waals surface area contributed by atoms with Crippen molar-refractivity contribution in [2.45, 2.75) is 45.4 Å². The maximum Gasteiger partial charge on any atom is 0.353 e. The molecule has 0 amide bonds. The number of nitrogens with zero attached hydrogens (tertiary/aromatic N) is 5. The van der Waals surface area contributed by atoms with Crippen LogP contribution in [-0.4, -0.2) is 41.1 Å². The minimum absolute atomic E-state index is 0.0255. The van der Waals surface area contributed by atoms with Gasteiger partial charge < -0.3 is 15.5 Å². The topological polar surface area (TPSA) is 101 Å². The van der Waals surface area contributed by atoms with Gasteiger partial charge in [0.1, 0.15) is 0 Å². The zero-order valence-electron chi connectivity index (χ0n) is 14.3. The molecule has 0 saturated carbocycles. The van der Waals surface area contributed by atoms with E-state index in [4.69, 9.17) is 5.73 Å². The lowest BCUT2D eigenvalue weighted by Gasteiger charge is -2.31. The molecule has 24 heavy (non-hydrogen) atoms. The van der Waals surface area contributed by atoms with Crippen LogP contribution in [0.5, 0.6) is 0 Å². The Bertz CT molecular complexity index is 600. The van der Waals surface area contributed by atoms with E-state index in [9.17, 15) is 10.1 Å². The molecule has 3 heterocycles. The molecule has 2 aliphatic heterocycles. The van der Waals surface area contributed by atoms with Crippen LogP contribution in [-0.2, 0) is 0 Å². The molecule has 2 N–H and O–H groups in total. The van der Waals surface area contributed by atoms with Crippen molar-refractivity contribution >= 4 is 23.3 Å². The maximum absolute atomic E-state index is 11.5. The van der Waals surface area contributed by atoms with Crippen LogP contribution in [0.3, 0.4) is 0 Å². The maximum atomic E-state index is 11.5. The van der Waals surface area contributed by atoms with Gasteiger partial charge in [0.15, 0.2) is 0 Å². The molecule has 2 aliphatic rings. The van der Waals surface area contributed by atoms with E-state index in [2.05, 4.69) is 21.8 Å². The van der Waals surface area contributed by atoms with E-state index in [1.807, 2.05) is 4.90 Å². The van der Waals surface area contributed by atoms with Crippen molar-refractivity contribution in [1.29, 1.82) is 0 Å². The molecule has 1 unspecified atom stereocenters. The molecule has 0 bridgehead atoms. The second kappa shape index (κ2) is 7.19. The summed E-state index contributed by atoms with van der Waals surface area (Å²) in [6.07, 6.45) is 6.63. The summed E-state index contributed by atoms with van der Waals surface area (Å²) in [5, 5.41) is 11.5. The minimum Gasteiger partial charge on any atom is -0.378 e. The van der Waals surface area contributed by atoms with Crippen molar-refractivity contribution < 1.29 is 4.92 Å². The van der Waals surface area contributed by atoms with E-state index in [0.29, 0.717) is 17.7 Å². The Balaban J connectivity index is 1.98. The van der Waals surface area contributed by atoms with Gasteiger partial charge in [0.05, 0.1) is 4.92 Å². The number of anilines is 3. The molecule has 1 aromatic heterocycles. The summed E-state index contributed by atoms with van der Waals surface area (Å²) in [5.74, 6) is 1.47. The van der Waals surface area contributed by atoms with E-state index in [0.717, 1.165) is 58.3 Å². The van der Waals surface area contributed by atoms with E-state index >= 15 is 0 Å². The van der Waals surface area contributed by atoms with Crippen molar-refractivity contribution in [2.24, 2.45) is 5.92 Å². The molecule has 0 aromatic carbocycles. The van der Waals surface area contributed by atoms with E-state index in [1.165, 1.54) is 6.42 Å². The lowest BCUT2D eigenvalue weighted by Crippen LogP contribution is -2.36. The number of nitrogens with two attached hydrogens (primary N) is 1. The van der Waals surface area contributed by atoms with Crippen LogP contribution in [0.2, 0.25) is 0 Å². The number of nitrogen functional groups attached to an aromatic ring is 1. The van der Waals surface area contributed by atoms with Crippen LogP contribution in [0.4, 0.5) is 23.3 Å². The molecule has 132 valence electrons. The van der Waals surface area contributed by atoms with Gasteiger partial charge in [0, 0.05) is 26.2 Å². The average molecular weight is 334 g/mol. The molecular formula is C16H26N6O2. The van der Waals surface area contributed by atoms with Crippen molar-refractivity contribution in [1.82, 2.24) is 9.97 Å². The SMILES string of the molecule is CC1CCCN(c2nc(N)c([N+](=O)[O-])c(N3CCCCCC3)n2)C1. The fourth-order valence-corrected chi connectivity index (χ4v) is 3.64. The highest BCUT2D eigenvalue weighted by molar-refractivity contribution is 5.71. The summed E-state index contributed by atoms with van der Waals surface area (Å²) in [7, 11) is 0. The van der Waals surface area contributed by atoms with Gasteiger partial charge in [-0.15, -0.1) is 0 Å². The number of piperidine rings is 1. The summed E-state index contributed by atoms with van der Waals surface area (Å²) in [6, 6.07) is 0. The largest absolute Gasteiger partial charge is 0.378 e. The number of aromatic nitrogens is 2. The molecule has 0 radical (unpaired) electrons. The summed E-state index contributed by atoms with van der Waals surface area (Å²) < 4.78 is 0. The number of nitro groups is 1. The third-order valence-corrected chi connectivity index (χ3v) is 4.91. The summed E-state index contributed by atoms with van der Waals surface area (Å²) in [5.41, 5.74) is 5.82. The van der Waals surface area contributed by atoms with Crippen LogP contribution in [0, 0.1) is 16.0 Å². The van der Waals surface area contributed by atoms with Crippen LogP contribution in [0.15, 0.2) is 0 Å². The Morgan fingerprint density at radius 3 is 2.38 bits per heavy atom. The Morgan fingerprint density at radius 2 is 1.75 bits per heavy atom. The number of rotatable bonds is 3. The molecule has 1 atom stereocenters. The first-order valence-electron chi connectivity index (χ1n) is 8.88. The first-order valence-corrected chi connectivity index (χ1v) is 8.88. The lowest BCUT2D eigenvalue weighted by atomic mass is 10.0. The fourth-order valence-electron chi connectivity index (χ4n) is 3.64. The fraction of sp³-hybridized carbons (Fsp3) is 0.750. The molecular weight excluding hydrogens is 308 g/mol. The highest BCUT2D eigenvalue weighted by Gasteiger charge is 2.30. The van der Waals surface area contributed by atoms with Crippen LogP contribution in [0.1, 0.15) is 45.4 Å². The van der Waals surface area contributed by atoms with E-state index in [-0.39, 0.29) is 11.5 Å². The Kier molecular flexibility index (Phi) is 5.01. The molecule has 8 heteroatoms. The Hall–Kier alpha value is -2.12. The van der Waals surface area contributed by atoms with E-state index in [1.54, 1.807) is 0 Å². The highest BCUT2D eigenvalue weighted by atomic mass is 16.6. The van der Waals surface area contributed by atoms with Crippen molar-refractivity contribution in [3.05, 3.63) is 10.1 Å². The smallest absolute Gasteiger partial charge is 0.353 e. The average Bonchev–Trinajstić information content (AvgIpc) is 2.83. The van der Waals surface area contributed by atoms with Gasteiger partial charge in [-0.2, -0.15) is 9.97 Å². The minimum atomic E-state index is -0.446. The third-order valence-electron chi connectivity index (χ3n) is 4.91. The molecule has 3 rings (SSSR count). The molecule has 1 aromatic rings. The normalized spacial score (nSPS) is 22.3. The lowest BCUT2D eigenvalue weighted by molar-refractivity contribution is -0.383. The predicted molar refractivity (Wildman–Crippen MR) is 94.4 cm³/mol. The zero-order chi connectivity index (χ0) is 17.1. The van der Waals surface area contributed by atoms with Gasteiger partial charge in [-0.3, -0.25) is 10.1 Å². The second-order valence-electron chi connectivity index (χ2n) is 6.93. The van der Waals surface area contributed by atoms with Crippen LogP contribution >= 0.6 is 0 Å². The van der Waals surface area contributed by atoms with Crippen molar-refractivity contribution in [3.8, 4) is 0 Å². The van der Waals surface area contributed by atoms with Gasteiger partial charge in [0.2, 0.25) is 17.6 Å². The Labute approximate surface area is 142 Å². The van der Waals surface area contributed by atoms with Crippen molar-refractivity contribution in [3.63, 3.8) is 0 Å². The summed E-state index contributed by atoms with van der Waals surface area (Å²) in [4.78, 5) is 24.0. The van der Waals surface area contributed by atoms with Crippen LogP contribution in [0.25, 0.3) is 0 Å². The second-order valence-corrected chi connectivity index (χ2v) is 6.93. The first kappa shape index (κ1) is 16.7. The van der Waals surface area contributed by atoms with Gasteiger partial charge in [-0.25, -0.2) is 0 Å². The van der Waals surface area contributed by atoms with E-state index < -0.39 is 4.92 Å². The molecule has 8 nitrogen and oxygen atoms in total. The molecule has 2 saturated heterocycles. The standard InChI is InChI=1S/C16H26N6O2/c1-12-7-6-10-21(11-12)16-18-14(17)13(22(23)24)15(19-16)20-8-4-2-3-5-9-20/h12H,2-11H2,1H3,(H2,17,18,19). The predicted octanol–water partition coefficient (Wildman–Crippen LogP) is 2.58. The highest BCUT2D eigenvalue weighted by Crippen LogP contribution is 2.34. The van der Waals surface area contributed by atoms with Crippen molar-refractivity contribution in [2.75, 3.05) is 41.7 Å². The number of hydrogen-bond donors (Lipinski definition) is 1. The van der Waals surface area contributed by atoms with Gasteiger partial charge in [0.25, 0.3) is 0 Å². The summed E-state index contributed by atoms with van der Waals surface area (Å²) in [6.45, 7) is 5.52. The first-order chi connectivity index (χ1) is 11.6.